The second kappa shape index (κ2) is 9.15. The summed E-state index contributed by atoms with van der Waals surface area (Å²) in [6.45, 7) is 3.80. The SMILES string of the molecule is Cc1cc(NC(=O)CSCC(=O)Nc2ncc(C3CCNCC3)s2)no1. The molecule has 10 heteroatoms. The average Bonchev–Trinajstić information content (AvgIpc) is 3.25. The summed E-state index contributed by atoms with van der Waals surface area (Å²) < 4.78 is 4.88. The predicted molar refractivity (Wildman–Crippen MR) is 103 cm³/mol. The number of aryl methyl sites for hydroxylation is 1. The number of aromatic nitrogens is 2. The van der Waals surface area contributed by atoms with Crippen LogP contribution in [0.2, 0.25) is 0 Å². The Morgan fingerprint density at radius 2 is 2.04 bits per heavy atom. The van der Waals surface area contributed by atoms with Crippen LogP contribution in [0.3, 0.4) is 0 Å². The quantitative estimate of drug-likeness (QED) is 0.659. The van der Waals surface area contributed by atoms with E-state index in [2.05, 4.69) is 26.1 Å². The summed E-state index contributed by atoms with van der Waals surface area (Å²) in [6, 6.07) is 1.64. The molecule has 0 saturated carbocycles. The molecule has 0 unspecified atom stereocenters. The minimum atomic E-state index is -0.224. The van der Waals surface area contributed by atoms with Gasteiger partial charge in [0.25, 0.3) is 0 Å². The Hall–Kier alpha value is -1.91. The van der Waals surface area contributed by atoms with E-state index in [0.29, 0.717) is 22.6 Å². The molecule has 0 radical (unpaired) electrons. The van der Waals surface area contributed by atoms with Crippen LogP contribution >= 0.6 is 23.1 Å². The monoisotopic (exact) mass is 395 g/mol. The lowest BCUT2D eigenvalue weighted by Gasteiger charge is -2.20. The number of nitrogens with zero attached hydrogens (tertiary/aromatic N) is 2. The first kappa shape index (κ1) is 18.9. The van der Waals surface area contributed by atoms with Gasteiger partial charge in [-0.05, 0) is 38.8 Å². The van der Waals surface area contributed by atoms with E-state index in [-0.39, 0.29) is 23.3 Å². The van der Waals surface area contributed by atoms with Crippen molar-refractivity contribution in [3.63, 3.8) is 0 Å². The number of rotatable bonds is 7. The summed E-state index contributed by atoms with van der Waals surface area (Å²) >= 11 is 2.77. The van der Waals surface area contributed by atoms with Crippen LogP contribution in [-0.2, 0) is 9.59 Å². The van der Waals surface area contributed by atoms with Crippen molar-refractivity contribution in [2.24, 2.45) is 0 Å². The Morgan fingerprint density at radius 1 is 1.31 bits per heavy atom. The molecule has 0 aromatic carbocycles. The van der Waals surface area contributed by atoms with E-state index in [9.17, 15) is 9.59 Å². The molecule has 26 heavy (non-hydrogen) atoms. The molecule has 2 aromatic heterocycles. The molecule has 3 heterocycles. The molecule has 0 spiro atoms. The summed E-state index contributed by atoms with van der Waals surface area (Å²) in [4.78, 5) is 29.3. The Labute approximate surface area is 159 Å². The number of amides is 2. The zero-order valence-electron chi connectivity index (χ0n) is 14.4. The number of thiazole rings is 1. The summed E-state index contributed by atoms with van der Waals surface area (Å²) in [5, 5.41) is 13.1. The van der Waals surface area contributed by atoms with Crippen LogP contribution in [0, 0.1) is 6.92 Å². The van der Waals surface area contributed by atoms with Crippen molar-refractivity contribution < 1.29 is 14.1 Å². The minimum Gasteiger partial charge on any atom is -0.360 e. The van der Waals surface area contributed by atoms with E-state index in [1.54, 1.807) is 13.0 Å². The molecule has 1 saturated heterocycles. The molecule has 2 aromatic rings. The van der Waals surface area contributed by atoms with Crippen LogP contribution in [-0.4, -0.2) is 46.6 Å². The van der Waals surface area contributed by atoms with Gasteiger partial charge in [0.1, 0.15) is 5.76 Å². The largest absolute Gasteiger partial charge is 0.360 e. The van der Waals surface area contributed by atoms with E-state index in [0.717, 1.165) is 25.9 Å². The van der Waals surface area contributed by atoms with Gasteiger partial charge in [-0.1, -0.05) is 5.16 Å². The van der Waals surface area contributed by atoms with Gasteiger partial charge in [-0.15, -0.1) is 23.1 Å². The number of carbonyl (C=O) groups excluding carboxylic acids is 2. The van der Waals surface area contributed by atoms with Crippen molar-refractivity contribution in [2.75, 3.05) is 35.2 Å². The first-order valence-electron chi connectivity index (χ1n) is 8.37. The first-order valence-corrected chi connectivity index (χ1v) is 10.3. The third-order valence-corrected chi connectivity index (χ3v) is 5.88. The van der Waals surface area contributed by atoms with Gasteiger partial charge >= 0.3 is 0 Å². The maximum absolute atomic E-state index is 12.0. The van der Waals surface area contributed by atoms with Gasteiger partial charge in [-0.3, -0.25) is 9.59 Å². The fourth-order valence-corrected chi connectivity index (χ4v) is 4.25. The standard InChI is InChI=1S/C16H21N5O3S2/c1-10-6-13(21-24-10)19-14(22)8-25-9-15(23)20-16-18-7-12(26-16)11-2-4-17-5-3-11/h6-7,11,17H,2-5,8-9H2,1H3,(H,18,20,23)(H,19,21,22). The number of nitrogens with one attached hydrogen (secondary N) is 3. The first-order chi connectivity index (χ1) is 12.6. The van der Waals surface area contributed by atoms with E-state index in [1.807, 2.05) is 6.20 Å². The van der Waals surface area contributed by atoms with Crippen molar-refractivity contribution in [1.82, 2.24) is 15.5 Å². The summed E-state index contributed by atoms with van der Waals surface area (Å²) in [5.41, 5.74) is 0. The molecule has 0 aliphatic carbocycles. The molecule has 3 rings (SSSR count). The fourth-order valence-electron chi connectivity index (χ4n) is 2.64. The topological polar surface area (TPSA) is 109 Å². The van der Waals surface area contributed by atoms with E-state index in [4.69, 9.17) is 4.52 Å². The molecule has 0 atom stereocenters. The Bertz CT molecular complexity index is 755. The van der Waals surface area contributed by atoms with E-state index < -0.39 is 0 Å². The normalized spacial score (nSPS) is 15.0. The predicted octanol–water partition coefficient (Wildman–Crippen LogP) is 2.22. The fraction of sp³-hybridized carbons (Fsp3) is 0.500. The smallest absolute Gasteiger partial charge is 0.236 e. The molecule has 140 valence electrons. The van der Waals surface area contributed by atoms with Crippen molar-refractivity contribution in [3.8, 4) is 0 Å². The average molecular weight is 396 g/mol. The zero-order valence-corrected chi connectivity index (χ0v) is 16.0. The molecule has 1 aliphatic rings. The van der Waals surface area contributed by atoms with Gasteiger partial charge in [0, 0.05) is 17.1 Å². The number of hydrogen-bond donors (Lipinski definition) is 3. The lowest BCUT2D eigenvalue weighted by atomic mass is 9.97. The highest BCUT2D eigenvalue weighted by molar-refractivity contribution is 8.00. The summed E-state index contributed by atoms with van der Waals surface area (Å²) in [5.74, 6) is 1.50. The van der Waals surface area contributed by atoms with Gasteiger partial charge in [0.05, 0.1) is 11.5 Å². The molecule has 8 nitrogen and oxygen atoms in total. The minimum absolute atomic E-state index is 0.161. The third kappa shape index (κ3) is 5.55. The number of anilines is 2. The molecule has 1 fully saturated rings. The van der Waals surface area contributed by atoms with Crippen LogP contribution in [0.15, 0.2) is 16.8 Å². The lowest BCUT2D eigenvalue weighted by Crippen LogP contribution is -2.26. The van der Waals surface area contributed by atoms with E-state index in [1.165, 1.54) is 28.0 Å². The van der Waals surface area contributed by atoms with E-state index >= 15 is 0 Å². The molecule has 3 N–H and O–H groups in total. The van der Waals surface area contributed by atoms with Crippen LogP contribution < -0.4 is 16.0 Å². The zero-order chi connectivity index (χ0) is 18.4. The number of carbonyl (C=O) groups is 2. The van der Waals surface area contributed by atoms with Gasteiger partial charge in [0.2, 0.25) is 11.8 Å². The second-order valence-corrected chi connectivity index (χ2v) is 8.05. The maximum Gasteiger partial charge on any atom is 0.236 e. The third-order valence-electron chi connectivity index (χ3n) is 3.87. The summed E-state index contributed by atoms with van der Waals surface area (Å²) in [7, 11) is 0. The Morgan fingerprint density at radius 3 is 2.73 bits per heavy atom. The number of hydrogen-bond acceptors (Lipinski definition) is 8. The highest BCUT2D eigenvalue weighted by atomic mass is 32.2. The highest BCUT2D eigenvalue weighted by Crippen LogP contribution is 2.31. The molecule has 2 amide bonds. The molecule has 1 aliphatic heterocycles. The molecular weight excluding hydrogens is 374 g/mol. The second-order valence-electron chi connectivity index (χ2n) is 6.00. The molecule has 0 bridgehead atoms. The summed E-state index contributed by atoms with van der Waals surface area (Å²) in [6.07, 6.45) is 4.06. The highest BCUT2D eigenvalue weighted by Gasteiger charge is 2.18. The van der Waals surface area contributed by atoms with Gasteiger partial charge in [-0.25, -0.2) is 4.98 Å². The molecular formula is C16H21N5O3S2. The van der Waals surface area contributed by atoms with Gasteiger partial charge in [0.15, 0.2) is 10.9 Å². The lowest BCUT2D eigenvalue weighted by molar-refractivity contribution is -0.114. The van der Waals surface area contributed by atoms with Crippen molar-refractivity contribution in [3.05, 3.63) is 22.9 Å². The van der Waals surface area contributed by atoms with Crippen molar-refractivity contribution >= 4 is 45.9 Å². The van der Waals surface area contributed by atoms with Crippen LogP contribution in [0.4, 0.5) is 10.9 Å². The van der Waals surface area contributed by atoms with Gasteiger partial charge in [-0.2, -0.15) is 0 Å². The Balaban J connectivity index is 1.37. The number of piperidine rings is 1. The number of thioether (sulfide) groups is 1. The van der Waals surface area contributed by atoms with Crippen LogP contribution in [0.5, 0.6) is 0 Å². The van der Waals surface area contributed by atoms with Gasteiger partial charge < -0.3 is 20.5 Å². The van der Waals surface area contributed by atoms with Crippen LogP contribution in [0.1, 0.15) is 29.4 Å². The van der Waals surface area contributed by atoms with Crippen molar-refractivity contribution in [2.45, 2.75) is 25.7 Å². The maximum atomic E-state index is 12.0. The van der Waals surface area contributed by atoms with Crippen molar-refractivity contribution in [1.29, 1.82) is 0 Å². The van der Waals surface area contributed by atoms with Crippen LogP contribution in [0.25, 0.3) is 0 Å². The Kier molecular flexibility index (Phi) is 6.64.